The fraction of sp³-hybridized carbons (Fsp3) is 0.462. The molecule has 1 aromatic carbocycles. The Morgan fingerprint density at radius 1 is 1.20 bits per heavy atom. The van der Waals surface area contributed by atoms with Crippen LogP contribution >= 0.6 is 0 Å². The fourth-order valence-electron chi connectivity index (χ4n) is 2.06. The number of nitrogens with zero attached hydrogens (tertiary/aromatic N) is 1. The minimum Gasteiger partial charge on any atom is -0.343 e. The van der Waals surface area contributed by atoms with Gasteiger partial charge in [-0.3, -0.25) is 4.79 Å². The van der Waals surface area contributed by atoms with E-state index in [9.17, 15) is 4.79 Å². The summed E-state index contributed by atoms with van der Waals surface area (Å²) in [6, 6.07) is 10.5. The molecule has 1 aliphatic heterocycles. The number of carbonyl (C=O) groups excluding carboxylic acids is 1. The first-order valence-electron chi connectivity index (χ1n) is 5.68. The van der Waals surface area contributed by atoms with Gasteiger partial charge in [-0.15, -0.1) is 0 Å². The van der Waals surface area contributed by atoms with Gasteiger partial charge in [0.15, 0.2) is 0 Å². The second kappa shape index (κ2) is 4.96. The van der Waals surface area contributed by atoms with Crippen LogP contribution < -0.4 is 0 Å². The normalized spacial score (nSPS) is 16.0. The smallest absolute Gasteiger partial charge is 0.222 e. The van der Waals surface area contributed by atoms with E-state index in [4.69, 9.17) is 0 Å². The lowest BCUT2D eigenvalue weighted by atomic mass is 10.1. The summed E-state index contributed by atoms with van der Waals surface area (Å²) in [7, 11) is 0. The van der Waals surface area contributed by atoms with Gasteiger partial charge in [-0.25, -0.2) is 0 Å². The van der Waals surface area contributed by atoms with Crippen LogP contribution in [0.4, 0.5) is 0 Å². The monoisotopic (exact) mass is 203 g/mol. The third-order valence-electron chi connectivity index (χ3n) is 2.91. The number of hydrogen-bond donors (Lipinski definition) is 0. The van der Waals surface area contributed by atoms with Gasteiger partial charge in [0.2, 0.25) is 5.91 Å². The summed E-state index contributed by atoms with van der Waals surface area (Å²) in [5.41, 5.74) is 1.36. The summed E-state index contributed by atoms with van der Waals surface area (Å²) in [6.07, 6.45) is 3.95. The van der Waals surface area contributed by atoms with E-state index in [1.807, 2.05) is 11.0 Å². The lowest BCUT2D eigenvalue weighted by Crippen LogP contribution is -2.25. The molecule has 0 bridgehead atoms. The Bertz CT molecular complexity index is 321. The van der Waals surface area contributed by atoms with E-state index < -0.39 is 0 Å². The van der Waals surface area contributed by atoms with E-state index in [1.54, 1.807) is 0 Å². The molecule has 0 aliphatic carbocycles. The van der Waals surface area contributed by atoms with Gasteiger partial charge in [0.1, 0.15) is 0 Å². The van der Waals surface area contributed by atoms with Gasteiger partial charge in [-0.1, -0.05) is 30.3 Å². The highest BCUT2D eigenvalue weighted by Gasteiger charge is 2.18. The maximum Gasteiger partial charge on any atom is 0.222 e. The van der Waals surface area contributed by atoms with Gasteiger partial charge in [0.05, 0.1) is 0 Å². The molecule has 2 nitrogen and oxygen atoms in total. The Morgan fingerprint density at radius 3 is 2.67 bits per heavy atom. The number of amides is 1. The van der Waals surface area contributed by atoms with Crippen molar-refractivity contribution in [3.05, 3.63) is 35.9 Å². The Balaban J connectivity index is 1.73. The van der Waals surface area contributed by atoms with Crippen molar-refractivity contribution in [2.45, 2.75) is 25.7 Å². The van der Waals surface area contributed by atoms with Crippen LogP contribution in [-0.2, 0) is 11.2 Å². The van der Waals surface area contributed by atoms with E-state index in [0.717, 1.165) is 38.8 Å². The van der Waals surface area contributed by atoms with Gasteiger partial charge in [-0.05, 0) is 24.8 Å². The van der Waals surface area contributed by atoms with Crippen LogP contribution in [0.25, 0.3) is 0 Å². The molecule has 1 amide bonds. The Hall–Kier alpha value is -1.31. The molecule has 1 aromatic rings. The molecule has 0 N–H and O–H groups in total. The SMILES string of the molecule is O=C1CCCN1CCCc1ccccc1. The van der Waals surface area contributed by atoms with Gasteiger partial charge in [0, 0.05) is 19.5 Å². The van der Waals surface area contributed by atoms with Crippen LogP contribution in [0, 0.1) is 0 Å². The molecule has 1 saturated heterocycles. The lowest BCUT2D eigenvalue weighted by molar-refractivity contribution is -0.127. The van der Waals surface area contributed by atoms with Crippen molar-refractivity contribution in [3.8, 4) is 0 Å². The zero-order chi connectivity index (χ0) is 10.5. The third kappa shape index (κ3) is 2.82. The largest absolute Gasteiger partial charge is 0.343 e. The molecule has 15 heavy (non-hydrogen) atoms. The van der Waals surface area contributed by atoms with Gasteiger partial charge in [0.25, 0.3) is 0 Å². The summed E-state index contributed by atoms with van der Waals surface area (Å²) in [5, 5.41) is 0. The molecule has 0 spiro atoms. The molecular formula is C13H17NO. The standard InChI is InChI=1S/C13H17NO/c15-13-9-5-11-14(13)10-4-8-12-6-2-1-3-7-12/h1-3,6-7H,4-5,8-11H2. The molecule has 0 unspecified atom stereocenters. The second-order valence-corrected chi connectivity index (χ2v) is 4.07. The van der Waals surface area contributed by atoms with Crippen LogP contribution in [0.3, 0.4) is 0 Å². The molecule has 80 valence electrons. The first-order chi connectivity index (χ1) is 7.36. The van der Waals surface area contributed by atoms with Crippen LogP contribution in [0.5, 0.6) is 0 Å². The van der Waals surface area contributed by atoms with E-state index in [2.05, 4.69) is 24.3 Å². The quantitative estimate of drug-likeness (QED) is 0.735. The summed E-state index contributed by atoms with van der Waals surface area (Å²) in [4.78, 5) is 13.3. The molecule has 1 aliphatic rings. The Morgan fingerprint density at radius 2 is 2.00 bits per heavy atom. The average molecular weight is 203 g/mol. The minimum atomic E-state index is 0.336. The van der Waals surface area contributed by atoms with E-state index in [1.165, 1.54) is 5.56 Å². The predicted molar refractivity (Wildman–Crippen MR) is 60.6 cm³/mol. The molecule has 2 heteroatoms. The van der Waals surface area contributed by atoms with Crippen molar-refractivity contribution in [1.82, 2.24) is 4.90 Å². The van der Waals surface area contributed by atoms with Crippen LogP contribution in [0.1, 0.15) is 24.8 Å². The third-order valence-corrected chi connectivity index (χ3v) is 2.91. The molecule has 1 heterocycles. The number of aryl methyl sites for hydroxylation is 1. The highest BCUT2D eigenvalue weighted by Crippen LogP contribution is 2.11. The zero-order valence-corrected chi connectivity index (χ0v) is 8.98. The van der Waals surface area contributed by atoms with Crippen LogP contribution in [0.15, 0.2) is 30.3 Å². The van der Waals surface area contributed by atoms with E-state index in [-0.39, 0.29) is 0 Å². The minimum absolute atomic E-state index is 0.336. The topological polar surface area (TPSA) is 20.3 Å². The average Bonchev–Trinajstić information content (AvgIpc) is 2.66. The maximum absolute atomic E-state index is 11.3. The first-order valence-corrected chi connectivity index (χ1v) is 5.68. The lowest BCUT2D eigenvalue weighted by Gasteiger charge is -2.14. The highest BCUT2D eigenvalue weighted by atomic mass is 16.2. The summed E-state index contributed by atoms with van der Waals surface area (Å²) in [6.45, 7) is 1.89. The first kappa shape index (κ1) is 10.2. The van der Waals surface area contributed by atoms with Crippen molar-refractivity contribution in [2.75, 3.05) is 13.1 Å². The Labute approximate surface area is 90.9 Å². The van der Waals surface area contributed by atoms with E-state index >= 15 is 0 Å². The van der Waals surface area contributed by atoms with Crippen molar-refractivity contribution >= 4 is 5.91 Å². The molecule has 0 saturated carbocycles. The van der Waals surface area contributed by atoms with Gasteiger partial charge in [-0.2, -0.15) is 0 Å². The van der Waals surface area contributed by atoms with Crippen molar-refractivity contribution in [3.63, 3.8) is 0 Å². The van der Waals surface area contributed by atoms with Crippen molar-refractivity contribution in [2.24, 2.45) is 0 Å². The molecule has 1 fully saturated rings. The zero-order valence-electron chi connectivity index (χ0n) is 8.98. The number of likely N-dealkylation sites (tertiary alicyclic amines) is 1. The molecule has 0 aromatic heterocycles. The maximum atomic E-state index is 11.3. The summed E-state index contributed by atoms with van der Waals surface area (Å²) < 4.78 is 0. The summed E-state index contributed by atoms with van der Waals surface area (Å²) in [5.74, 6) is 0.336. The predicted octanol–water partition coefficient (Wildman–Crippen LogP) is 2.24. The molecular weight excluding hydrogens is 186 g/mol. The van der Waals surface area contributed by atoms with Gasteiger partial charge < -0.3 is 4.90 Å². The molecule has 2 rings (SSSR count). The number of hydrogen-bond acceptors (Lipinski definition) is 1. The second-order valence-electron chi connectivity index (χ2n) is 4.07. The van der Waals surface area contributed by atoms with Crippen LogP contribution in [-0.4, -0.2) is 23.9 Å². The summed E-state index contributed by atoms with van der Waals surface area (Å²) >= 11 is 0. The van der Waals surface area contributed by atoms with E-state index in [0.29, 0.717) is 5.91 Å². The van der Waals surface area contributed by atoms with Crippen molar-refractivity contribution < 1.29 is 4.79 Å². The number of rotatable bonds is 4. The number of carbonyl (C=O) groups is 1. The Kier molecular flexibility index (Phi) is 3.38. The molecule has 0 atom stereocenters. The van der Waals surface area contributed by atoms with Gasteiger partial charge >= 0.3 is 0 Å². The molecule has 0 radical (unpaired) electrons. The van der Waals surface area contributed by atoms with Crippen LogP contribution in [0.2, 0.25) is 0 Å². The fourth-order valence-corrected chi connectivity index (χ4v) is 2.06. The number of benzene rings is 1. The van der Waals surface area contributed by atoms with Crippen molar-refractivity contribution in [1.29, 1.82) is 0 Å². The highest BCUT2D eigenvalue weighted by molar-refractivity contribution is 5.77.